The fourth-order valence-electron chi connectivity index (χ4n) is 1.52. The number of hydrogen-bond acceptors (Lipinski definition) is 2. The van der Waals surface area contributed by atoms with Crippen LogP contribution in [0.15, 0.2) is 9.15 Å². The van der Waals surface area contributed by atoms with Gasteiger partial charge in [-0.25, -0.2) is 0 Å². The molecule has 1 atom stereocenters. The van der Waals surface area contributed by atoms with E-state index >= 15 is 0 Å². The van der Waals surface area contributed by atoms with Gasteiger partial charge in [0, 0.05) is 5.92 Å². The second-order valence-electron chi connectivity index (χ2n) is 2.97. The van der Waals surface area contributed by atoms with Crippen LogP contribution in [0.3, 0.4) is 0 Å². The molecule has 0 amide bonds. The summed E-state index contributed by atoms with van der Waals surface area (Å²) in [5.74, 6) is -0.260. The Hall–Kier alpha value is -0.550. The Morgan fingerprint density at radius 1 is 1.50 bits per heavy atom. The van der Waals surface area contributed by atoms with Crippen LogP contribution in [0.25, 0.3) is 0 Å². The number of hydrogen-bond donors (Lipinski definition) is 0. The lowest BCUT2D eigenvalue weighted by molar-refractivity contribution is 0.538. The molecule has 1 unspecified atom stereocenters. The molecule has 1 rings (SSSR count). The topological polar surface area (TPSA) is 47.6 Å². The largest absolute Gasteiger partial charge is 0.197 e. The minimum absolute atomic E-state index is 0.187. The lowest BCUT2D eigenvalue weighted by Gasteiger charge is -2.10. The first-order valence-corrected chi connectivity index (χ1v) is 4.93. The molecule has 0 saturated heterocycles. The van der Waals surface area contributed by atoms with Crippen LogP contribution in [0.4, 0.5) is 0 Å². The van der Waals surface area contributed by atoms with Crippen molar-refractivity contribution < 1.29 is 0 Å². The van der Waals surface area contributed by atoms with E-state index in [2.05, 4.69) is 22.6 Å². The van der Waals surface area contributed by atoms with Crippen molar-refractivity contribution in [2.24, 2.45) is 11.8 Å². The molecule has 0 bridgehead atoms. The zero-order valence-corrected chi connectivity index (χ0v) is 9.00. The molecule has 3 heteroatoms. The molecule has 0 spiro atoms. The third-order valence-corrected chi connectivity index (χ3v) is 3.73. The highest BCUT2D eigenvalue weighted by Crippen LogP contribution is 2.39. The number of nitrogens with zero attached hydrogens (tertiary/aromatic N) is 2. The summed E-state index contributed by atoms with van der Waals surface area (Å²) in [6, 6.07) is 4.09. The van der Waals surface area contributed by atoms with Gasteiger partial charge in [0.05, 0.1) is 12.1 Å². The Labute approximate surface area is 86.0 Å². The molecular weight excluding hydrogens is 263 g/mol. The van der Waals surface area contributed by atoms with Crippen molar-refractivity contribution in [3.63, 3.8) is 0 Å². The normalized spacial score (nSPS) is 22.6. The molecule has 0 fully saturated rings. The first kappa shape index (κ1) is 9.54. The average Bonchev–Trinajstić information content (AvgIpc) is 2.38. The van der Waals surface area contributed by atoms with E-state index in [0.717, 1.165) is 12.8 Å². The predicted octanol–water partition coefficient (Wildman–Crippen LogP) is 2.77. The Bertz CT molecular complexity index is 279. The molecule has 12 heavy (non-hydrogen) atoms. The maximum absolute atomic E-state index is 8.69. The van der Waals surface area contributed by atoms with Crippen LogP contribution in [0.5, 0.6) is 0 Å². The SMILES string of the molecule is CC1=C(I)CCC1C(C#N)C#N. The minimum Gasteiger partial charge on any atom is -0.197 e. The molecule has 0 N–H and O–H groups in total. The summed E-state index contributed by atoms with van der Waals surface area (Å²) in [6.07, 6.45) is 2.01. The van der Waals surface area contributed by atoms with Crippen LogP contribution in [0.2, 0.25) is 0 Å². The van der Waals surface area contributed by atoms with Crippen LogP contribution >= 0.6 is 22.6 Å². The summed E-state index contributed by atoms with van der Waals surface area (Å²) in [5.41, 5.74) is 1.24. The van der Waals surface area contributed by atoms with Crippen LogP contribution in [-0.2, 0) is 0 Å². The molecule has 0 aromatic rings. The molecule has 0 heterocycles. The van der Waals surface area contributed by atoms with Crippen molar-refractivity contribution in [3.05, 3.63) is 9.15 Å². The van der Waals surface area contributed by atoms with Crippen LogP contribution in [-0.4, -0.2) is 0 Å². The van der Waals surface area contributed by atoms with Gasteiger partial charge in [-0.2, -0.15) is 10.5 Å². The maximum Gasteiger partial charge on any atom is 0.139 e. The minimum atomic E-state index is -0.447. The van der Waals surface area contributed by atoms with E-state index in [4.69, 9.17) is 10.5 Å². The monoisotopic (exact) mass is 272 g/mol. The van der Waals surface area contributed by atoms with E-state index in [1.165, 1.54) is 9.15 Å². The van der Waals surface area contributed by atoms with E-state index in [1.807, 2.05) is 19.1 Å². The van der Waals surface area contributed by atoms with Gasteiger partial charge in [-0.1, -0.05) is 5.57 Å². The van der Waals surface area contributed by atoms with Crippen LogP contribution in [0, 0.1) is 34.5 Å². The highest BCUT2D eigenvalue weighted by Gasteiger charge is 2.28. The average molecular weight is 272 g/mol. The first-order chi connectivity index (χ1) is 5.70. The lowest BCUT2D eigenvalue weighted by Crippen LogP contribution is -2.09. The summed E-state index contributed by atoms with van der Waals surface area (Å²) in [6.45, 7) is 2.03. The van der Waals surface area contributed by atoms with E-state index in [1.54, 1.807) is 0 Å². The smallest absolute Gasteiger partial charge is 0.139 e. The molecule has 0 aromatic carbocycles. The van der Waals surface area contributed by atoms with Gasteiger partial charge >= 0.3 is 0 Å². The van der Waals surface area contributed by atoms with Gasteiger partial charge in [-0.3, -0.25) is 0 Å². The van der Waals surface area contributed by atoms with Crippen LogP contribution < -0.4 is 0 Å². The summed E-state index contributed by atoms with van der Waals surface area (Å²) >= 11 is 2.30. The quantitative estimate of drug-likeness (QED) is 0.689. The predicted molar refractivity (Wildman–Crippen MR) is 54.2 cm³/mol. The molecule has 0 radical (unpaired) electrons. The Balaban J connectivity index is 2.82. The number of nitriles is 2. The standard InChI is InChI=1S/C9H9IN2/c1-6-8(2-3-9(6)10)7(4-11)5-12/h7-8H,2-3H2,1H3. The number of rotatable bonds is 1. The van der Waals surface area contributed by atoms with Crippen molar-refractivity contribution in [3.8, 4) is 12.1 Å². The summed E-state index contributed by atoms with van der Waals surface area (Å²) in [4.78, 5) is 0. The highest BCUT2D eigenvalue weighted by atomic mass is 127. The van der Waals surface area contributed by atoms with Gasteiger partial charge in [0.1, 0.15) is 5.92 Å². The molecule has 62 valence electrons. The second kappa shape index (κ2) is 3.91. The van der Waals surface area contributed by atoms with Crippen molar-refractivity contribution >= 4 is 22.6 Å². The first-order valence-electron chi connectivity index (χ1n) is 3.85. The van der Waals surface area contributed by atoms with Gasteiger partial charge in [-0.15, -0.1) is 0 Å². The van der Waals surface area contributed by atoms with E-state index in [-0.39, 0.29) is 5.92 Å². The van der Waals surface area contributed by atoms with E-state index < -0.39 is 5.92 Å². The van der Waals surface area contributed by atoms with Gasteiger partial charge in [0.25, 0.3) is 0 Å². The van der Waals surface area contributed by atoms with Crippen molar-refractivity contribution in [2.75, 3.05) is 0 Å². The van der Waals surface area contributed by atoms with Gasteiger partial charge < -0.3 is 0 Å². The zero-order valence-electron chi connectivity index (χ0n) is 6.84. The summed E-state index contributed by atoms with van der Waals surface area (Å²) < 4.78 is 1.33. The highest BCUT2D eigenvalue weighted by molar-refractivity contribution is 14.1. The van der Waals surface area contributed by atoms with Crippen molar-refractivity contribution in [2.45, 2.75) is 19.8 Å². The van der Waals surface area contributed by atoms with E-state index in [9.17, 15) is 0 Å². The lowest BCUT2D eigenvalue weighted by atomic mass is 9.90. The van der Waals surface area contributed by atoms with Crippen molar-refractivity contribution in [1.82, 2.24) is 0 Å². The molecular formula is C9H9IN2. The maximum atomic E-state index is 8.69. The molecule has 2 nitrogen and oxygen atoms in total. The summed E-state index contributed by atoms with van der Waals surface area (Å²) in [7, 11) is 0. The molecule has 0 aromatic heterocycles. The third kappa shape index (κ3) is 1.61. The van der Waals surface area contributed by atoms with Crippen molar-refractivity contribution in [1.29, 1.82) is 10.5 Å². The Morgan fingerprint density at radius 2 is 2.08 bits per heavy atom. The number of allylic oxidation sites excluding steroid dienone is 2. The van der Waals surface area contributed by atoms with Gasteiger partial charge in [0.15, 0.2) is 0 Å². The third-order valence-electron chi connectivity index (χ3n) is 2.34. The zero-order chi connectivity index (χ0) is 9.14. The second-order valence-corrected chi connectivity index (χ2v) is 4.27. The van der Waals surface area contributed by atoms with Gasteiger partial charge in [-0.05, 0) is 45.9 Å². The van der Waals surface area contributed by atoms with Gasteiger partial charge in [0.2, 0.25) is 0 Å². The molecule has 0 aliphatic heterocycles. The molecule has 1 aliphatic carbocycles. The molecule has 0 saturated carbocycles. The Morgan fingerprint density at radius 3 is 2.42 bits per heavy atom. The fraction of sp³-hybridized carbons (Fsp3) is 0.556. The summed E-state index contributed by atoms with van der Waals surface area (Å²) in [5, 5.41) is 17.4. The Kier molecular flexibility index (Phi) is 3.11. The van der Waals surface area contributed by atoms with Crippen LogP contribution in [0.1, 0.15) is 19.8 Å². The molecule has 1 aliphatic rings. The number of halogens is 1. The van der Waals surface area contributed by atoms with E-state index in [0.29, 0.717) is 0 Å². The fourth-order valence-corrected chi connectivity index (χ4v) is 2.23.